The number of hydrogen-bond acceptors (Lipinski definition) is 9. The summed E-state index contributed by atoms with van der Waals surface area (Å²) < 4.78 is 1.80. The molecule has 8 rings (SSSR count). The van der Waals surface area contributed by atoms with Crippen molar-refractivity contribution in [1.29, 1.82) is 5.26 Å². The molecule has 4 aromatic heterocycles. The molecule has 4 heterocycles. The molecule has 0 atom stereocenters. The Kier molecular flexibility index (Phi) is 6.59. The van der Waals surface area contributed by atoms with E-state index in [2.05, 4.69) is 38.1 Å². The number of nitrogens with zero attached hydrogens (tertiary/aromatic N) is 6. The van der Waals surface area contributed by atoms with E-state index in [9.17, 15) is 15.2 Å². The quantitative estimate of drug-likeness (QED) is 0.235. The predicted molar refractivity (Wildman–Crippen MR) is 157 cm³/mol. The number of carbonyl (C=O) groups is 1. The summed E-state index contributed by atoms with van der Waals surface area (Å²) in [6.45, 7) is 0. The van der Waals surface area contributed by atoms with Gasteiger partial charge in [-0.25, -0.2) is 9.31 Å². The third kappa shape index (κ3) is 4.97. The lowest BCUT2D eigenvalue weighted by atomic mass is 9.63. The van der Waals surface area contributed by atoms with E-state index < -0.39 is 11.7 Å². The molecule has 4 aliphatic rings. The highest BCUT2D eigenvalue weighted by molar-refractivity contribution is 7.14. The molecule has 1 amide bonds. The molecule has 2 bridgehead atoms. The average molecular weight is 585 g/mol. The molecule has 4 aromatic rings. The predicted octanol–water partition coefficient (Wildman–Crippen LogP) is 5.33. The van der Waals surface area contributed by atoms with E-state index in [4.69, 9.17) is 10.1 Å². The number of aromatic nitrogens is 5. The molecular formula is C30H32N8O3S. The highest BCUT2D eigenvalue weighted by Crippen LogP contribution is 2.49. The number of nitriles is 1. The van der Waals surface area contributed by atoms with Gasteiger partial charge in [0.05, 0.1) is 39.8 Å². The first-order chi connectivity index (χ1) is 20.3. The molecule has 216 valence electrons. The van der Waals surface area contributed by atoms with Gasteiger partial charge in [0.1, 0.15) is 11.1 Å². The second-order valence-electron chi connectivity index (χ2n) is 12.1. The summed E-state index contributed by atoms with van der Waals surface area (Å²) in [4.78, 5) is 15.9. The van der Waals surface area contributed by atoms with Crippen LogP contribution in [0.2, 0.25) is 0 Å². The van der Waals surface area contributed by atoms with E-state index in [-0.39, 0.29) is 17.5 Å². The standard InChI is InChI=1S/C30H32N8O3S/c31-15-18-13-21-5-6-25(38(21)33-16-18)24-14-23(35-29-7-10-30(41,11-8-29)12-9-29)22(17-32-24)27-37-36-26(42-27)19-1-3-20(4-2-19)34-28(39)40/h5-6,13-14,16-17,19-20,34,41H,1-4,7-12H2,(H,32,35)(H,39,40)/t19-,20-,29?,30?. The summed E-state index contributed by atoms with van der Waals surface area (Å²) in [5.41, 5.74) is 4.12. The van der Waals surface area contributed by atoms with Crippen molar-refractivity contribution < 1.29 is 15.0 Å². The van der Waals surface area contributed by atoms with Crippen LogP contribution < -0.4 is 10.6 Å². The van der Waals surface area contributed by atoms with Gasteiger partial charge in [0.15, 0.2) is 5.01 Å². The molecule has 12 heteroatoms. The third-order valence-corrected chi connectivity index (χ3v) is 10.6. The minimum Gasteiger partial charge on any atom is -0.465 e. The fraction of sp³-hybridized carbons (Fsp3) is 0.467. The molecule has 0 spiro atoms. The van der Waals surface area contributed by atoms with Gasteiger partial charge < -0.3 is 20.8 Å². The molecule has 4 fully saturated rings. The van der Waals surface area contributed by atoms with Gasteiger partial charge in [0.25, 0.3) is 0 Å². The van der Waals surface area contributed by atoms with Gasteiger partial charge >= 0.3 is 6.09 Å². The Bertz CT molecular complexity index is 1680. The maximum Gasteiger partial charge on any atom is 0.404 e. The number of hydrogen-bond donors (Lipinski definition) is 4. The van der Waals surface area contributed by atoms with Crippen molar-refractivity contribution in [2.24, 2.45) is 0 Å². The Labute approximate surface area is 246 Å². The van der Waals surface area contributed by atoms with E-state index in [0.717, 1.165) is 102 Å². The van der Waals surface area contributed by atoms with Crippen molar-refractivity contribution >= 4 is 28.6 Å². The van der Waals surface area contributed by atoms with Crippen LogP contribution in [-0.2, 0) is 0 Å². The molecule has 0 aliphatic heterocycles. The van der Waals surface area contributed by atoms with Gasteiger partial charge in [-0.05, 0) is 88.5 Å². The second-order valence-corrected chi connectivity index (χ2v) is 13.1. The summed E-state index contributed by atoms with van der Waals surface area (Å²) in [6, 6.07) is 9.91. The first-order valence-corrected chi connectivity index (χ1v) is 15.4. The molecule has 0 aromatic carbocycles. The minimum absolute atomic E-state index is 0.00675. The number of fused-ring (bicyclic) bond motifs is 4. The number of carboxylic acid groups (broad SMARTS) is 1. The summed E-state index contributed by atoms with van der Waals surface area (Å²) in [5, 5.41) is 51.1. The van der Waals surface area contributed by atoms with Gasteiger partial charge in [-0.1, -0.05) is 11.3 Å². The van der Waals surface area contributed by atoms with Crippen LogP contribution in [0.25, 0.3) is 27.5 Å². The SMILES string of the molecule is N#Cc1cnn2c(-c3cc(NC45CCC(O)(CC4)CC5)c(-c4nnc([C@H]5CC[C@H](NC(=O)O)CC5)s4)cn3)ccc2c1. The molecule has 42 heavy (non-hydrogen) atoms. The zero-order valence-corrected chi connectivity index (χ0v) is 23.9. The molecule has 11 nitrogen and oxygen atoms in total. The molecule has 4 saturated carbocycles. The highest BCUT2D eigenvalue weighted by atomic mass is 32.1. The smallest absolute Gasteiger partial charge is 0.404 e. The van der Waals surface area contributed by atoms with Crippen molar-refractivity contribution in [2.75, 3.05) is 5.32 Å². The van der Waals surface area contributed by atoms with Crippen LogP contribution in [0.4, 0.5) is 10.5 Å². The van der Waals surface area contributed by atoms with Gasteiger partial charge in [-0.15, -0.1) is 10.2 Å². The Hall–Kier alpha value is -4.08. The van der Waals surface area contributed by atoms with Crippen molar-refractivity contribution in [1.82, 2.24) is 30.1 Å². The van der Waals surface area contributed by atoms with Crippen LogP contribution >= 0.6 is 11.3 Å². The monoisotopic (exact) mass is 584 g/mol. The summed E-state index contributed by atoms with van der Waals surface area (Å²) in [5.74, 6) is 0.260. The number of nitrogens with one attached hydrogen (secondary N) is 2. The molecule has 0 saturated heterocycles. The van der Waals surface area contributed by atoms with Crippen molar-refractivity contribution in [2.45, 2.75) is 87.3 Å². The number of anilines is 1. The van der Waals surface area contributed by atoms with Crippen LogP contribution in [-0.4, -0.2) is 58.3 Å². The first-order valence-electron chi connectivity index (χ1n) is 14.5. The largest absolute Gasteiger partial charge is 0.465 e. The number of rotatable bonds is 6. The topological polar surface area (TPSA) is 161 Å². The average Bonchev–Trinajstić information content (AvgIpc) is 3.66. The second kappa shape index (κ2) is 10.3. The Morgan fingerprint density at radius 3 is 2.52 bits per heavy atom. The van der Waals surface area contributed by atoms with E-state index in [1.165, 1.54) is 0 Å². The lowest BCUT2D eigenvalue weighted by molar-refractivity contribution is -0.0579. The fourth-order valence-electron chi connectivity index (χ4n) is 6.93. The number of amides is 1. The van der Waals surface area contributed by atoms with Crippen LogP contribution in [0.15, 0.2) is 36.7 Å². The lowest BCUT2D eigenvalue weighted by Gasteiger charge is -2.51. The van der Waals surface area contributed by atoms with E-state index in [0.29, 0.717) is 5.56 Å². The van der Waals surface area contributed by atoms with Crippen molar-refractivity contribution in [3.05, 3.63) is 47.2 Å². The van der Waals surface area contributed by atoms with Crippen molar-refractivity contribution in [3.63, 3.8) is 0 Å². The zero-order valence-electron chi connectivity index (χ0n) is 23.1. The lowest BCUT2D eigenvalue weighted by Crippen LogP contribution is -2.53. The van der Waals surface area contributed by atoms with Crippen LogP contribution in [0.3, 0.4) is 0 Å². The van der Waals surface area contributed by atoms with Crippen LogP contribution in [0.1, 0.15) is 80.7 Å². The Morgan fingerprint density at radius 1 is 1.05 bits per heavy atom. The maximum absolute atomic E-state index is 11.0. The van der Waals surface area contributed by atoms with Crippen molar-refractivity contribution in [3.8, 4) is 28.0 Å². The summed E-state index contributed by atoms with van der Waals surface area (Å²) >= 11 is 1.58. The summed E-state index contributed by atoms with van der Waals surface area (Å²) in [7, 11) is 0. The van der Waals surface area contributed by atoms with Gasteiger partial charge in [-0.2, -0.15) is 10.4 Å². The molecule has 4 aliphatic carbocycles. The zero-order chi connectivity index (χ0) is 28.9. The molecular weight excluding hydrogens is 552 g/mol. The number of aliphatic hydroxyl groups is 1. The normalized spacial score (nSPS) is 27.0. The highest BCUT2D eigenvalue weighted by Gasteiger charge is 2.48. The molecule has 0 radical (unpaired) electrons. The summed E-state index contributed by atoms with van der Waals surface area (Å²) in [6.07, 6.45) is 10.9. The number of pyridine rings is 1. The van der Waals surface area contributed by atoms with Gasteiger partial charge in [0.2, 0.25) is 0 Å². The van der Waals surface area contributed by atoms with Gasteiger partial charge in [-0.3, -0.25) is 4.98 Å². The molecule has 4 N–H and O–H groups in total. The Morgan fingerprint density at radius 2 is 1.81 bits per heavy atom. The maximum atomic E-state index is 11.0. The van der Waals surface area contributed by atoms with Gasteiger partial charge in [0, 0.05) is 29.4 Å². The van der Waals surface area contributed by atoms with E-state index >= 15 is 0 Å². The Balaban J connectivity index is 1.22. The fourth-order valence-corrected chi connectivity index (χ4v) is 7.97. The van der Waals surface area contributed by atoms with Crippen LogP contribution in [0.5, 0.6) is 0 Å². The third-order valence-electron chi connectivity index (χ3n) is 9.48. The molecule has 0 unspecified atom stereocenters. The van der Waals surface area contributed by atoms with E-state index in [1.54, 1.807) is 22.0 Å². The first kappa shape index (κ1) is 26.8. The van der Waals surface area contributed by atoms with Crippen LogP contribution in [0, 0.1) is 11.3 Å². The minimum atomic E-state index is -0.969. The van der Waals surface area contributed by atoms with E-state index in [1.807, 2.05) is 24.4 Å².